The maximum absolute atomic E-state index is 12.3. The van der Waals surface area contributed by atoms with Gasteiger partial charge in [0.05, 0.1) is 0 Å². The molecule has 1 aromatic rings. The summed E-state index contributed by atoms with van der Waals surface area (Å²) in [6, 6.07) is 9.61. The molecule has 3 nitrogen and oxygen atoms in total. The van der Waals surface area contributed by atoms with Crippen LogP contribution in [0.15, 0.2) is 30.3 Å². The quantitative estimate of drug-likeness (QED) is 0.744. The standard InChI is InChI=1S/C17H26N2O/c1-2-3-4-8-11-18-12-14-19(15-13-18)17(20)16-9-6-5-7-10-16/h5-7,9-10H,2-4,8,11-15H2,1H3. The van der Waals surface area contributed by atoms with Gasteiger partial charge in [-0.3, -0.25) is 9.69 Å². The molecule has 0 aromatic heterocycles. The Balaban J connectivity index is 1.73. The van der Waals surface area contributed by atoms with Gasteiger partial charge in [-0.1, -0.05) is 44.4 Å². The minimum absolute atomic E-state index is 0.177. The van der Waals surface area contributed by atoms with Gasteiger partial charge in [0.2, 0.25) is 0 Å². The third-order valence-corrected chi connectivity index (χ3v) is 4.01. The number of carbonyl (C=O) groups excluding carboxylic acids is 1. The maximum Gasteiger partial charge on any atom is 0.253 e. The van der Waals surface area contributed by atoms with E-state index in [1.807, 2.05) is 35.2 Å². The van der Waals surface area contributed by atoms with Crippen LogP contribution in [0.4, 0.5) is 0 Å². The van der Waals surface area contributed by atoms with Crippen molar-refractivity contribution in [3.63, 3.8) is 0 Å². The first-order valence-corrected chi connectivity index (χ1v) is 7.88. The van der Waals surface area contributed by atoms with Crippen molar-refractivity contribution < 1.29 is 4.79 Å². The third-order valence-electron chi connectivity index (χ3n) is 4.01. The summed E-state index contributed by atoms with van der Waals surface area (Å²) in [7, 11) is 0. The Labute approximate surface area is 122 Å². The molecule has 0 radical (unpaired) electrons. The molecule has 20 heavy (non-hydrogen) atoms. The monoisotopic (exact) mass is 274 g/mol. The number of unbranched alkanes of at least 4 members (excludes halogenated alkanes) is 3. The Morgan fingerprint density at radius 2 is 1.70 bits per heavy atom. The van der Waals surface area contributed by atoms with Gasteiger partial charge in [-0.05, 0) is 25.1 Å². The number of hydrogen-bond acceptors (Lipinski definition) is 2. The molecule has 1 heterocycles. The number of piperazine rings is 1. The second-order valence-electron chi connectivity index (χ2n) is 5.56. The Hall–Kier alpha value is -1.35. The maximum atomic E-state index is 12.3. The summed E-state index contributed by atoms with van der Waals surface area (Å²) >= 11 is 0. The summed E-state index contributed by atoms with van der Waals surface area (Å²) in [5.41, 5.74) is 0.809. The summed E-state index contributed by atoms with van der Waals surface area (Å²) in [6.45, 7) is 7.19. The first kappa shape index (κ1) is 15.0. The molecule has 0 spiro atoms. The van der Waals surface area contributed by atoms with Crippen molar-refractivity contribution in [2.24, 2.45) is 0 Å². The van der Waals surface area contributed by atoms with E-state index in [1.54, 1.807) is 0 Å². The second kappa shape index (κ2) is 8.05. The zero-order chi connectivity index (χ0) is 14.2. The predicted molar refractivity (Wildman–Crippen MR) is 82.9 cm³/mol. The van der Waals surface area contributed by atoms with Crippen LogP contribution in [0.3, 0.4) is 0 Å². The van der Waals surface area contributed by atoms with Crippen molar-refractivity contribution in [1.29, 1.82) is 0 Å². The molecule has 3 heteroatoms. The van der Waals surface area contributed by atoms with Crippen LogP contribution in [0.1, 0.15) is 43.0 Å². The van der Waals surface area contributed by atoms with Gasteiger partial charge >= 0.3 is 0 Å². The lowest BCUT2D eigenvalue weighted by Gasteiger charge is -2.34. The van der Waals surface area contributed by atoms with Gasteiger partial charge in [0.25, 0.3) is 5.91 Å². The fraction of sp³-hybridized carbons (Fsp3) is 0.588. The SMILES string of the molecule is CCCCCCN1CCN(C(=O)c2ccccc2)CC1. The van der Waals surface area contributed by atoms with Crippen molar-refractivity contribution in [1.82, 2.24) is 9.80 Å². The number of nitrogens with zero attached hydrogens (tertiary/aromatic N) is 2. The highest BCUT2D eigenvalue weighted by Crippen LogP contribution is 2.10. The molecule has 2 rings (SSSR count). The van der Waals surface area contributed by atoms with Crippen LogP contribution in [-0.2, 0) is 0 Å². The molecule has 0 aliphatic carbocycles. The molecule has 0 atom stereocenters. The Morgan fingerprint density at radius 3 is 2.35 bits per heavy atom. The first-order chi connectivity index (χ1) is 9.81. The van der Waals surface area contributed by atoms with Crippen LogP contribution in [0.25, 0.3) is 0 Å². The van der Waals surface area contributed by atoms with Crippen molar-refractivity contribution >= 4 is 5.91 Å². The molecular formula is C17H26N2O. The highest BCUT2D eigenvalue weighted by Gasteiger charge is 2.21. The van der Waals surface area contributed by atoms with E-state index in [1.165, 1.54) is 32.2 Å². The molecule has 0 saturated carbocycles. The largest absolute Gasteiger partial charge is 0.336 e. The highest BCUT2D eigenvalue weighted by atomic mass is 16.2. The van der Waals surface area contributed by atoms with Crippen molar-refractivity contribution in [2.75, 3.05) is 32.7 Å². The third kappa shape index (κ3) is 4.34. The van der Waals surface area contributed by atoms with Crippen LogP contribution in [0.5, 0.6) is 0 Å². The van der Waals surface area contributed by atoms with Crippen molar-refractivity contribution in [3.8, 4) is 0 Å². The molecule has 1 saturated heterocycles. The molecule has 1 aromatic carbocycles. The van der Waals surface area contributed by atoms with Gasteiger partial charge in [0.15, 0.2) is 0 Å². The van der Waals surface area contributed by atoms with Gasteiger partial charge in [0.1, 0.15) is 0 Å². The summed E-state index contributed by atoms with van der Waals surface area (Å²) in [5.74, 6) is 0.177. The van der Waals surface area contributed by atoms with E-state index >= 15 is 0 Å². The van der Waals surface area contributed by atoms with E-state index in [2.05, 4.69) is 11.8 Å². The van der Waals surface area contributed by atoms with Gasteiger partial charge in [-0.2, -0.15) is 0 Å². The Bertz CT molecular complexity index is 397. The molecule has 0 unspecified atom stereocenters. The molecule has 0 N–H and O–H groups in total. The minimum Gasteiger partial charge on any atom is -0.336 e. The summed E-state index contributed by atoms with van der Waals surface area (Å²) < 4.78 is 0. The lowest BCUT2D eigenvalue weighted by atomic mass is 10.1. The zero-order valence-corrected chi connectivity index (χ0v) is 12.6. The van der Waals surface area contributed by atoms with E-state index in [-0.39, 0.29) is 5.91 Å². The van der Waals surface area contributed by atoms with Crippen LogP contribution >= 0.6 is 0 Å². The van der Waals surface area contributed by atoms with Crippen LogP contribution < -0.4 is 0 Å². The number of amides is 1. The van der Waals surface area contributed by atoms with Crippen LogP contribution in [0.2, 0.25) is 0 Å². The van der Waals surface area contributed by atoms with Gasteiger partial charge < -0.3 is 4.90 Å². The average Bonchev–Trinajstić information content (AvgIpc) is 2.52. The highest BCUT2D eigenvalue weighted by molar-refractivity contribution is 5.94. The topological polar surface area (TPSA) is 23.6 Å². The number of rotatable bonds is 6. The lowest BCUT2D eigenvalue weighted by molar-refractivity contribution is 0.0635. The van der Waals surface area contributed by atoms with E-state index in [0.29, 0.717) is 0 Å². The Kier molecular flexibility index (Phi) is 6.06. The van der Waals surface area contributed by atoms with Gasteiger partial charge in [0, 0.05) is 31.7 Å². The van der Waals surface area contributed by atoms with Crippen LogP contribution in [0, 0.1) is 0 Å². The van der Waals surface area contributed by atoms with Crippen molar-refractivity contribution in [2.45, 2.75) is 32.6 Å². The summed E-state index contributed by atoms with van der Waals surface area (Å²) in [5, 5.41) is 0. The predicted octanol–water partition coefficient (Wildman–Crippen LogP) is 3.02. The number of carbonyl (C=O) groups is 1. The van der Waals surface area contributed by atoms with E-state index < -0.39 is 0 Å². The fourth-order valence-electron chi connectivity index (χ4n) is 2.70. The average molecular weight is 274 g/mol. The van der Waals surface area contributed by atoms with E-state index in [9.17, 15) is 4.79 Å². The fourth-order valence-corrected chi connectivity index (χ4v) is 2.70. The van der Waals surface area contributed by atoms with E-state index in [4.69, 9.17) is 0 Å². The molecule has 1 aliphatic rings. The normalized spacial score (nSPS) is 16.4. The molecule has 1 fully saturated rings. The van der Waals surface area contributed by atoms with Crippen LogP contribution in [-0.4, -0.2) is 48.4 Å². The van der Waals surface area contributed by atoms with Crippen molar-refractivity contribution in [3.05, 3.63) is 35.9 Å². The molecule has 1 amide bonds. The summed E-state index contributed by atoms with van der Waals surface area (Å²) in [6.07, 6.45) is 5.26. The van der Waals surface area contributed by atoms with Gasteiger partial charge in [-0.25, -0.2) is 0 Å². The molecule has 1 aliphatic heterocycles. The number of hydrogen-bond donors (Lipinski definition) is 0. The van der Waals surface area contributed by atoms with Gasteiger partial charge in [-0.15, -0.1) is 0 Å². The first-order valence-electron chi connectivity index (χ1n) is 7.88. The lowest BCUT2D eigenvalue weighted by Crippen LogP contribution is -2.48. The molecule has 110 valence electrons. The summed E-state index contributed by atoms with van der Waals surface area (Å²) in [4.78, 5) is 16.8. The molecular weight excluding hydrogens is 248 g/mol. The smallest absolute Gasteiger partial charge is 0.253 e. The second-order valence-corrected chi connectivity index (χ2v) is 5.56. The molecule has 0 bridgehead atoms. The Morgan fingerprint density at radius 1 is 1.00 bits per heavy atom. The zero-order valence-electron chi connectivity index (χ0n) is 12.6. The minimum atomic E-state index is 0.177. The van der Waals surface area contributed by atoms with E-state index in [0.717, 1.165) is 31.7 Å². The number of benzene rings is 1.